The second kappa shape index (κ2) is 8.91. The monoisotopic (exact) mass is 365 g/mol. The van der Waals surface area contributed by atoms with E-state index in [0.717, 1.165) is 0 Å². The van der Waals surface area contributed by atoms with Gasteiger partial charge in [0, 0.05) is 5.54 Å². The van der Waals surface area contributed by atoms with E-state index in [0.29, 0.717) is 0 Å². The molecule has 7 heteroatoms. The van der Waals surface area contributed by atoms with Crippen molar-refractivity contribution >= 4 is 13.4 Å². The van der Waals surface area contributed by atoms with Crippen LogP contribution in [0.2, 0.25) is 0 Å². The molecule has 24 heavy (non-hydrogen) atoms. The third kappa shape index (κ3) is 6.57. The van der Waals surface area contributed by atoms with Crippen LogP contribution in [0.3, 0.4) is 0 Å². The highest BCUT2D eigenvalue weighted by Crippen LogP contribution is 2.60. The van der Waals surface area contributed by atoms with E-state index in [1.807, 2.05) is 41.5 Å². The van der Waals surface area contributed by atoms with Crippen molar-refractivity contribution in [2.45, 2.75) is 86.7 Å². The molecule has 0 aliphatic heterocycles. The van der Waals surface area contributed by atoms with Crippen LogP contribution in [0.15, 0.2) is 0 Å². The Kier molecular flexibility index (Phi) is 8.81. The zero-order valence-corrected chi connectivity index (χ0v) is 17.9. The Morgan fingerprint density at radius 2 is 1.46 bits per heavy atom. The molecule has 0 saturated carbocycles. The highest BCUT2D eigenvalue weighted by Gasteiger charge is 2.51. The number of hydrogen-bond donors (Lipinski definition) is 0. The van der Waals surface area contributed by atoms with Crippen molar-refractivity contribution in [3.05, 3.63) is 0 Å². The van der Waals surface area contributed by atoms with Gasteiger partial charge in [0.2, 0.25) is 0 Å². The van der Waals surface area contributed by atoms with E-state index in [9.17, 15) is 9.36 Å². The highest BCUT2D eigenvalue weighted by atomic mass is 31.2. The van der Waals surface area contributed by atoms with Gasteiger partial charge in [0.15, 0.2) is 5.78 Å². The Balaban J connectivity index is 6.13. The zero-order chi connectivity index (χ0) is 19.3. The van der Waals surface area contributed by atoms with Crippen LogP contribution in [0, 0.1) is 5.41 Å². The Bertz CT molecular complexity index is 443. The fourth-order valence-electron chi connectivity index (χ4n) is 2.32. The second-order valence-corrected chi connectivity index (χ2v) is 10.1. The summed E-state index contributed by atoms with van der Waals surface area (Å²) < 4.78 is 24.8. The number of Topliss-reactive ketones (excluding diaryl/α,β-unsaturated/α-hetero) is 1. The molecule has 0 aromatic carbocycles. The summed E-state index contributed by atoms with van der Waals surface area (Å²) >= 11 is 0. The van der Waals surface area contributed by atoms with Crippen LogP contribution in [0.5, 0.6) is 0 Å². The fourth-order valence-corrected chi connectivity index (χ4v) is 5.00. The van der Waals surface area contributed by atoms with Crippen molar-refractivity contribution in [1.82, 2.24) is 5.06 Å². The minimum absolute atomic E-state index is 0.0976. The molecular formula is C17H36NO5P. The van der Waals surface area contributed by atoms with Crippen LogP contribution < -0.4 is 0 Å². The van der Waals surface area contributed by atoms with Gasteiger partial charge in [-0.05, 0) is 53.9 Å². The molecule has 0 aliphatic carbocycles. The van der Waals surface area contributed by atoms with Crippen LogP contribution >= 0.6 is 7.60 Å². The Hall–Kier alpha value is -0.260. The first-order chi connectivity index (χ1) is 10.7. The van der Waals surface area contributed by atoms with E-state index < -0.39 is 30.4 Å². The van der Waals surface area contributed by atoms with Gasteiger partial charge in [-0.25, -0.2) is 0 Å². The molecule has 0 saturated heterocycles. The molecule has 0 aliphatic rings. The minimum atomic E-state index is -3.50. The standard InChI is InChI=1S/C17H36NO5P/c1-11-21-24(20,22-12-2)15(16(5,6)7)18(17(8,9)10)23-14(4)13(3)19/h14-15H,11-12H2,1-10H3. The lowest BCUT2D eigenvalue weighted by molar-refractivity contribution is -0.256. The topological polar surface area (TPSA) is 65.1 Å². The van der Waals surface area contributed by atoms with Gasteiger partial charge in [0.1, 0.15) is 11.9 Å². The molecular weight excluding hydrogens is 329 g/mol. The van der Waals surface area contributed by atoms with Gasteiger partial charge in [0.05, 0.1) is 13.2 Å². The van der Waals surface area contributed by atoms with Crippen molar-refractivity contribution < 1.29 is 23.2 Å². The van der Waals surface area contributed by atoms with Crippen LogP contribution in [-0.4, -0.2) is 41.5 Å². The summed E-state index contributed by atoms with van der Waals surface area (Å²) in [5.74, 6) is -0.758. The second-order valence-electron chi connectivity index (χ2n) is 7.97. The summed E-state index contributed by atoms with van der Waals surface area (Å²) in [6, 6.07) is 0. The third-order valence-electron chi connectivity index (χ3n) is 3.42. The van der Waals surface area contributed by atoms with E-state index in [1.165, 1.54) is 6.92 Å². The first-order valence-electron chi connectivity index (χ1n) is 8.56. The average Bonchev–Trinajstić information content (AvgIpc) is 2.35. The molecule has 2 unspecified atom stereocenters. The SMILES string of the molecule is CCOP(=O)(OCC)C(N(OC(C)C(C)=O)C(C)(C)C)C(C)(C)C. The lowest BCUT2D eigenvalue weighted by Crippen LogP contribution is -2.55. The summed E-state index contributed by atoms with van der Waals surface area (Å²) in [5, 5.41) is 1.63. The fraction of sp³-hybridized carbons (Fsp3) is 0.941. The molecule has 0 amide bonds. The third-order valence-corrected chi connectivity index (χ3v) is 6.24. The Morgan fingerprint density at radius 3 is 1.71 bits per heavy atom. The molecule has 0 spiro atoms. The predicted octanol–water partition coefficient (Wildman–Crippen LogP) is 4.63. The van der Waals surface area contributed by atoms with Gasteiger partial charge < -0.3 is 9.05 Å². The Morgan fingerprint density at radius 1 is 1.04 bits per heavy atom. The lowest BCUT2D eigenvalue weighted by atomic mass is 9.94. The minimum Gasteiger partial charge on any atom is -0.308 e. The molecule has 144 valence electrons. The van der Waals surface area contributed by atoms with Crippen LogP contribution in [0.25, 0.3) is 0 Å². The maximum Gasteiger partial charge on any atom is 0.350 e. The molecule has 0 radical (unpaired) electrons. The van der Waals surface area contributed by atoms with E-state index in [2.05, 4.69) is 0 Å². The largest absolute Gasteiger partial charge is 0.350 e. The van der Waals surface area contributed by atoms with E-state index in [-0.39, 0.29) is 19.0 Å². The first-order valence-corrected chi connectivity index (χ1v) is 10.2. The highest BCUT2D eigenvalue weighted by molar-refractivity contribution is 7.54. The molecule has 6 nitrogen and oxygen atoms in total. The predicted molar refractivity (Wildman–Crippen MR) is 96.9 cm³/mol. The molecule has 0 N–H and O–H groups in total. The van der Waals surface area contributed by atoms with Crippen LogP contribution in [0.1, 0.15) is 69.2 Å². The van der Waals surface area contributed by atoms with Crippen LogP contribution in [0.4, 0.5) is 0 Å². The van der Waals surface area contributed by atoms with Gasteiger partial charge in [-0.2, -0.15) is 5.06 Å². The molecule has 0 aromatic heterocycles. The van der Waals surface area contributed by atoms with Gasteiger partial charge >= 0.3 is 7.60 Å². The molecule has 0 fully saturated rings. The number of nitrogens with zero attached hydrogens (tertiary/aromatic N) is 1. The first kappa shape index (κ1) is 23.7. The molecule has 0 heterocycles. The quantitative estimate of drug-likeness (QED) is 0.438. The number of ketones is 1. The lowest BCUT2D eigenvalue weighted by Gasteiger charge is -2.48. The van der Waals surface area contributed by atoms with Gasteiger partial charge in [-0.15, -0.1) is 0 Å². The number of carbonyl (C=O) groups is 1. The zero-order valence-electron chi connectivity index (χ0n) is 17.0. The molecule has 0 bridgehead atoms. The van der Waals surface area contributed by atoms with E-state index in [4.69, 9.17) is 13.9 Å². The van der Waals surface area contributed by atoms with Gasteiger partial charge in [0.25, 0.3) is 0 Å². The normalized spacial score (nSPS) is 16.3. The average molecular weight is 365 g/mol. The van der Waals surface area contributed by atoms with Crippen molar-refractivity contribution in [3.63, 3.8) is 0 Å². The summed E-state index contributed by atoms with van der Waals surface area (Å²) in [4.78, 5) is 17.7. The van der Waals surface area contributed by atoms with Crippen molar-refractivity contribution in [2.24, 2.45) is 5.41 Å². The van der Waals surface area contributed by atoms with Crippen molar-refractivity contribution in [2.75, 3.05) is 13.2 Å². The summed E-state index contributed by atoms with van der Waals surface area (Å²) in [5.41, 5.74) is -0.977. The number of rotatable bonds is 9. The van der Waals surface area contributed by atoms with Gasteiger partial charge in [-0.3, -0.25) is 14.2 Å². The maximum absolute atomic E-state index is 13.5. The molecule has 0 aromatic rings. The van der Waals surface area contributed by atoms with E-state index in [1.54, 1.807) is 25.8 Å². The van der Waals surface area contributed by atoms with Crippen LogP contribution in [-0.2, 0) is 23.2 Å². The molecule has 2 atom stereocenters. The summed E-state index contributed by atoms with van der Waals surface area (Å²) in [7, 11) is -3.50. The number of hydrogen-bond acceptors (Lipinski definition) is 6. The van der Waals surface area contributed by atoms with E-state index >= 15 is 0 Å². The molecule has 0 rings (SSSR count). The Labute approximate surface area is 147 Å². The van der Waals surface area contributed by atoms with Crippen molar-refractivity contribution in [3.8, 4) is 0 Å². The summed E-state index contributed by atoms with van der Waals surface area (Å²) in [6.07, 6.45) is -0.647. The maximum atomic E-state index is 13.5. The number of hydroxylamine groups is 2. The van der Waals surface area contributed by atoms with Crippen molar-refractivity contribution in [1.29, 1.82) is 0 Å². The van der Waals surface area contributed by atoms with Gasteiger partial charge in [-0.1, -0.05) is 20.8 Å². The smallest absolute Gasteiger partial charge is 0.308 e. The summed E-state index contributed by atoms with van der Waals surface area (Å²) in [6.45, 7) is 19.0. The number of carbonyl (C=O) groups excluding carboxylic acids is 1.